The minimum Gasteiger partial charge on any atom is -0.197 e. The second-order valence-electron chi connectivity index (χ2n) is 2.82. The van der Waals surface area contributed by atoms with Gasteiger partial charge in [0.25, 0.3) is 0 Å². The highest BCUT2D eigenvalue weighted by molar-refractivity contribution is 6.19. The second-order valence-corrected chi connectivity index (χ2v) is 2.82. The number of fused-ring (bicyclic) bond motifs is 6. The molecule has 7 heteroatoms. The molecule has 0 unspecified atom stereocenters. The van der Waals surface area contributed by atoms with Crippen LogP contribution in [0.5, 0.6) is 0 Å². The first-order valence-corrected chi connectivity index (χ1v) is 3.69. The Morgan fingerprint density at radius 3 is 1.31 bits per heavy atom. The number of hydrogen-bond acceptors (Lipinski definition) is 6. The zero-order valence-electron chi connectivity index (χ0n) is 6.18. The number of benzene rings is 1. The van der Waals surface area contributed by atoms with E-state index >= 15 is 0 Å². The van der Waals surface area contributed by atoms with Gasteiger partial charge in [0.05, 0.1) is 0 Å². The molecule has 0 bridgehead atoms. The summed E-state index contributed by atoms with van der Waals surface area (Å²) in [7, 11) is 0. The molecule has 3 aromatic heterocycles. The predicted molar refractivity (Wildman–Crippen MR) is 42.5 cm³/mol. The smallest absolute Gasteiger partial charge is 0.145 e. The molecular formula is C6HN7. The Bertz CT molecular complexity index is 638. The molecule has 0 saturated carbocycles. The van der Waals surface area contributed by atoms with Crippen LogP contribution in [0.15, 0.2) is 0 Å². The Balaban J connectivity index is 2.53. The molecule has 13 heavy (non-hydrogen) atoms. The van der Waals surface area contributed by atoms with Gasteiger partial charge in [-0.1, -0.05) is 0 Å². The van der Waals surface area contributed by atoms with E-state index in [0.717, 1.165) is 33.1 Å². The lowest BCUT2D eigenvalue weighted by molar-refractivity contribution is 0.958. The summed E-state index contributed by atoms with van der Waals surface area (Å²) in [4.78, 5) is 0. The molecule has 0 aliphatic heterocycles. The number of hydrogen-bond donors (Lipinski definition) is 1. The Hall–Kier alpha value is -2.18. The first-order valence-electron chi connectivity index (χ1n) is 3.69. The number of nitrogens with zero attached hydrogens (tertiary/aromatic N) is 6. The molecule has 60 valence electrons. The fourth-order valence-electron chi connectivity index (χ4n) is 1.50. The molecule has 0 atom stereocenters. The lowest BCUT2D eigenvalue weighted by Crippen LogP contribution is -2.01. The van der Waals surface area contributed by atoms with E-state index in [1.54, 1.807) is 0 Å². The SMILES string of the molecule is n1nc2c1c1nnc1c1n[nH]nc21. The van der Waals surface area contributed by atoms with Gasteiger partial charge in [-0.3, -0.25) is 0 Å². The van der Waals surface area contributed by atoms with Crippen LogP contribution in [0.1, 0.15) is 0 Å². The predicted octanol–water partition coefficient (Wildman–Crippen LogP) is -0.280. The molecule has 7 nitrogen and oxygen atoms in total. The third kappa shape index (κ3) is 0.420. The standard InChI is InChI=1S/C6HN7/c7-1-2-4(10-8-2)6-5(3(1)9-7)11-13-12-6/h(H,11,12,13). The van der Waals surface area contributed by atoms with Gasteiger partial charge in [-0.15, -0.1) is 20.4 Å². The van der Waals surface area contributed by atoms with Crippen LogP contribution in [-0.4, -0.2) is 35.8 Å². The van der Waals surface area contributed by atoms with E-state index < -0.39 is 0 Å². The van der Waals surface area contributed by atoms with Crippen molar-refractivity contribution in [1.29, 1.82) is 0 Å². The van der Waals surface area contributed by atoms with E-state index in [2.05, 4.69) is 35.8 Å². The summed E-state index contributed by atoms with van der Waals surface area (Å²) in [6.45, 7) is 0. The minimum absolute atomic E-state index is 0.724. The molecule has 4 aromatic rings. The van der Waals surface area contributed by atoms with E-state index in [1.165, 1.54) is 0 Å². The second kappa shape index (κ2) is 1.47. The fraction of sp³-hybridized carbons (Fsp3) is 0. The lowest BCUT2D eigenvalue weighted by atomic mass is 10.2. The van der Waals surface area contributed by atoms with Gasteiger partial charge in [0.15, 0.2) is 0 Å². The number of aromatic amines is 1. The van der Waals surface area contributed by atoms with Crippen molar-refractivity contribution in [3.8, 4) is 0 Å². The zero-order chi connectivity index (χ0) is 8.41. The third-order valence-electron chi connectivity index (χ3n) is 2.17. The van der Waals surface area contributed by atoms with Crippen LogP contribution in [-0.2, 0) is 0 Å². The van der Waals surface area contributed by atoms with Crippen LogP contribution >= 0.6 is 0 Å². The molecule has 0 aliphatic carbocycles. The summed E-state index contributed by atoms with van der Waals surface area (Å²) in [5, 5.41) is 26.0. The monoisotopic (exact) mass is 171 g/mol. The molecule has 3 heterocycles. The van der Waals surface area contributed by atoms with Crippen molar-refractivity contribution < 1.29 is 0 Å². The van der Waals surface area contributed by atoms with E-state index in [-0.39, 0.29) is 0 Å². The van der Waals surface area contributed by atoms with E-state index in [0.29, 0.717) is 0 Å². The first-order chi connectivity index (χ1) is 6.45. The summed E-state index contributed by atoms with van der Waals surface area (Å²) in [5.74, 6) is 0. The molecular weight excluding hydrogens is 170 g/mol. The summed E-state index contributed by atoms with van der Waals surface area (Å²) in [6, 6.07) is 0. The molecule has 1 aromatic carbocycles. The molecule has 0 fully saturated rings. The van der Waals surface area contributed by atoms with Gasteiger partial charge in [-0.2, -0.15) is 15.4 Å². The molecule has 4 rings (SSSR count). The van der Waals surface area contributed by atoms with Gasteiger partial charge in [0, 0.05) is 0 Å². The van der Waals surface area contributed by atoms with E-state index in [1.807, 2.05) is 0 Å². The summed E-state index contributed by atoms with van der Waals surface area (Å²) >= 11 is 0. The maximum absolute atomic E-state index is 3.97. The Kier molecular flexibility index (Phi) is 0.616. The molecule has 0 aliphatic rings. The maximum atomic E-state index is 3.97. The lowest BCUT2D eigenvalue weighted by Gasteiger charge is -2.03. The number of aromatic nitrogens is 7. The number of rotatable bonds is 0. The van der Waals surface area contributed by atoms with Crippen molar-refractivity contribution in [2.24, 2.45) is 0 Å². The van der Waals surface area contributed by atoms with Crippen molar-refractivity contribution in [3.63, 3.8) is 0 Å². The van der Waals surface area contributed by atoms with Crippen molar-refractivity contribution in [2.45, 2.75) is 0 Å². The normalized spacial score (nSPS) is 12.6. The van der Waals surface area contributed by atoms with Crippen molar-refractivity contribution in [3.05, 3.63) is 0 Å². The van der Waals surface area contributed by atoms with Gasteiger partial charge in [0.2, 0.25) is 0 Å². The Labute approximate surface area is 69.8 Å². The molecule has 0 spiro atoms. The topological polar surface area (TPSA) is 93.1 Å². The van der Waals surface area contributed by atoms with Gasteiger partial charge in [-0.25, -0.2) is 0 Å². The van der Waals surface area contributed by atoms with Gasteiger partial charge < -0.3 is 0 Å². The molecule has 1 N–H and O–H groups in total. The van der Waals surface area contributed by atoms with E-state index in [4.69, 9.17) is 0 Å². The van der Waals surface area contributed by atoms with Gasteiger partial charge >= 0.3 is 0 Å². The average molecular weight is 171 g/mol. The Morgan fingerprint density at radius 2 is 0.923 bits per heavy atom. The summed E-state index contributed by atoms with van der Waals surface area (Å²) in [5.41, 5.74) is 4.55. The van der Waals surface area contributed by atoms with E-state index in [9.17, 15) is 0 Å². The van der Waals surface area contributed by atoms with Crippen LogP contribution in [0.2, 0.25) is 0 Å². The molecule has 0 amide bonds. The highest BCUT2D eigenvalue weighted by Gasteiger charge is 2.20. The Morgan fingerprint density at radius 1 is 0.538 bits per heavy atom. The average Bonchev–Trinajstić information content (AvgIpc) is 2.43. The highest BCUT2D eigenvalue weighted by Crippen LogP contribution is 2.29. The number of nitrogens with one attached hydrogen (secondary N) is 1. The quantitative estimate of drug-likeness (QED) is 0.391. The highest BCUT2D eigenvalue weighted by atomic mass is 15.3. The van der Waals surface area contributed by atoms with Crippen LogP contribution in [0, 0.1) is 0 Å². The van der Waals surface area contributed by atoms with Crippen molar-refractivity contribution in [2.75, 3.05) is 0 Å². The van der Waals surface area contributed by atoms with Gasteiger partial charge in [0.1, 0.15) is 33.1 Å². The van der Waals surface area contributed by atoms with Crippen LogP contribution in [0.4, 0.5) is 0 Å². The molecule has 0 radical (unpaired) electrons. The molecule has 0 saturated heterocycles. The van der Waals surface area contributed by atoms with Crippen molar-refractivity contribution in [1.82, 2.24) is 35.8 Å². The van der Waals surface area contributed by atoms with Crippen LogP contribution in [0.25, 0.3) is 33.1 Å². The minimum atomic E-state index is 0.724. The van der Waals surface area contributed by atoms with Gasteiger partial charge in [-0.05, 0) is 0 Å². The fourth-order valence-corrected chi connectivity index (χ4v) is 1.50. The summed E-state index contributed by atoms with van der Waals surface area (Å²) in [6.07, 6.45) is 0. The third-order valence-corrected chi connectivity index (χ3v) is 2.17. The summed E-state index contributed by atoms with van der Waals surface area (Å²) < 4.78 is 0. The van der Waals surface area contributed by atoms with Crippen molar-refractivity contribution >= 4 is 33.1 Å². The number of H-pyrrole nitrogens is 1. The largest absolute Gasteiger partial charge is 0.197 e. The van der Waals surface area contributed by atoms with Crippen LogP contribution in [0.3, 0.4) is 0 Å². The first kappa shape index (κ1) is 5.46. The zero-order valence-corrected chi connectivity index (χ0v) is 6.18. The maximum Gasteiger partial charge on any atom is 0.145 e. The van der Waals surface area contributed by atoms with Crippen LogP contribution < -0.4 is 0 Å².